The zero-order valence-electron chi connectivity index (χ0n) is 13.2. The summed E-state index contributed by atoms with van der Waals surface area (Å²) in [5.41, 5.74) is 1.33. The molecule has 0 bridgehead atoms. The Morgan fingerprint density at radius 1 is 1.10 bits per heavy atom. The fourth-order valence-electron chi connectivity index (χ4n) is 3.55. The topological polar surface area (TPSA) is 22.6 Å². The lowest BCUT2D eigenvalue weighted by Gasteiger charge is -2.40. The van der Waals surface area contributed by atoms with E-state index in [1.807, 2.05) is 18.5 Å². The van der Waals surface area contributed by atoms with Crippen LogP contribution in [0.1, 0.15) is 24.8 Å². The summed E-state index contributed by atoms with van der Waals surface area (Å²) in [7, 11) is 2.29. The van der Waals surface area contributed by atoms with Gasteiger partial charge < -0.3 is 4.90 Å². The van der Waals surface area contributed by atoms with Gasteiger partial charge in [0.05, 0.1) is 0 Å². The number of nitrogens with zero attached hydrogens (tertiary/aromatic N) is 4. The molecule has 1 aromatic heterocycles. The van der Waals surface area contributed by atoms with Crippen molar-refractivity contribution in [2.45, 2.75) is 31.8 Å². The molecule has 3 rings (SSSR count). The van der Waals surface area contributed by atoms with Crippen molar-refractivity contribution in [1.82, 2.24) is 19.7 Å². The van der Waals surface area contributed by atoms with Gasteiger partial charge in [-0.25, -0.2) is 0 Å². The van der Waals surface area contributed by atoms with Gasteiger partial charge in [-0.3, -0.25) is 14.8 Å². The lowest BCUT2D eigenvalue weighted by Crippen LogP contribution is -2.51. The van der Waals surface area contributed by atoms with E-state index in [4.69, 9.17) is 0 Å². The van der Waals surface area contributed by atoms with E-state index >= 15 is 0 Å². The first-order valence-electron chi connectivity index (χ1n) is 8.35. The summed E-state index contributed by atoms with van der Waals surface area (Å²) in [6.45, 7) is 8.39. The fraction of sp³-hybridized carbons (Fsp3) is 0.706. The van der Waals surface area contributed by atoms with E-state index in [0.717, 1.165) is 12.6 Å². The number of piperidine rings is 1. The van der Waals surface area contributed by atoms with Crippen molar-refractivity contribution in [2.75, 3.05) is 46.3 Å². The SMILES string of the molecule is CN1CCCC[C@@H]1CN1CCN(Cc2cccnc2)CC1. The Kier molecular flexibility index (Phi) is 5.22. The Balaban J connectivity index is 1.42. The smallest absolute Gasteiger partial charge is 0.0312 e. The number of piperazine rings is 1. The molecule has 2 fully saturated rings. The van der Waals surface area contributed by atoms with Gasteiger partial charge in [-0.2, -0.15) is 0 Å². The largest absolute Gasteiger partial charge is 0.302 e. The second-order valence-electron chi connectivity index (χ2n) is 6.57. The molecule has 0 N–H and O–H groups in total. The van der Waals surface area contributed by atoms with Crippen molar-refractivity contribution in [2.24, 2.45) is 0 Å². The van der Waals surface area contributed by atoms with Gasteiger partial charge in [-0.15, -0.1) is 0 Å². The fourth-order valence-corrected chi connectivity index (χ4v) is 3.55. The first kappa shape index (κ1) is 14.9. The summed E-state index contributed by atoms with van der Waals surface area (Å²) in [5.74, 6) is 0. The number of aromatic nitrogens is 1. The molecule has 21 heavy (non-hydrogen) atoms. The maximum absolute atomic E-state index is 4.21. The summed E-state index contributed by atoms with van der Waals surface area (Å²) in [4.78, 5) is 12.0. The first-order valence-corrected chi connectivity index (χ1v) is 8.35. The quantitative estimate of drug-likeness (QED) is 0.841. The third-order valence-electron chi connectivity index (χ3n) is 4.98. The van der Waals surface area contributed by atoms with E-state index < -0.39 is 0 Å². The highest BCUT2D eigenvalue weighted by Crippen LogP contribution is 2.17. The Morgan fingerprint density at radius 3 is 2.62 bits per heavy atom. The van der Waals surface area contributed by atoms with Crippen molar-refractivity contribution in [3.8, 4) is 0 Å². The summed E-state index contributed by atoms with van der Waals surface area (Å²) in [6, 6.07) is 4.99. The zero-order chi connectivity index (χ0) is 14.5. The van der Waals surface area contributed by atoms with Crippen LogP contribution < -0.4 is 0 Å². The van der Waals surface area contributed by atoms with Crippen LogP contribution in [0.25, 0.3) is 0 Å². The molecule has 0 aromatic carbocycles. The van der Waals surface area contributed by atoms with E-state index in [2.05, 4.69) is 32.8 Å². The minimum Gasteiger partial charge on any atom is -0.302 e. The van der Waals surface area contributed by atoms with Crippen molar-refractivity contribution in [3.05, 3.63) is 30.1 Å². The number of rotatable bonds is 4. The molecule has 4 heteroatoms. The van der Waals surface area contributed by atoms with E-state index in [1.165, 1.54) is 64.1 Å². The molecule has 1 atom stereocenters. The molecular formula is C17H28N4. The van der Waals surface area contributed by atoms with Crippen LogP contribution in [0, 0.1) is 0 Å². The molecular weight excluding hydrogens is 260 g/mol. The minimum absolute atomic E-state index is 0.781. The second-order valence-corrected chi connectivity index (χ2v) is 6.57. The average Bonchev–Trinajstić information content (AvgIpc) is 2.52. The third-order valence-corrected chi connectivity index (χ3v) is 4.98. The third kappa shape index (κ3) is 4.25. The van der Waals surface area contributed by atoms with E-state index in [-0.39, 0.29) is 0 Å². The van der Waals surface area contributed by atoms with Gasteiger partial charge in [0.2, 0.25) is 0 Å². The van der Waals surface area contributed by atoms with Crippen molar-refractivity contribution >= 4 is 0 Å². The molecule has 116 valence electrons. The molecule has 0 saturated carbocycles. The van der Waals surface area contributed by atoms with Gasteiger partial charge in [0.25, 0.3) is 0 Å². The lowest BCUT2D eigenvalue weighted by atomic mass is 10.0. The minimum atomic E-state index is 0.781. The van der Waals surface area contributed by atoms with Crippen molar-refractivity contribution in [1.29, 1.82) is 0 Å². The predicted octanol–water partition coefficient (Wildman–Crippen LogP) is 1.68. The van der Waals surface area contributed by atoms with E-state index in [9.17, 15) is 0 Å². The van der Waals surface area contributed by atoms with Crippen molar-refractivity contribution < 1.29 is 0 Å². The maximum atomic E-state index is 4.21. The van der Waals surface area contributed by atoms with Gasteiger partial charge >= 0.3 is 0 Å². The van der Waals surface area contributed by atoms with Crippen LogP contribution in [0.2, 0.25) is 0 Å². The highest BCUT2D eigenvalue weighted by atomic mass is 15.3. The monoisotopic (exact) mass is 288 g/mol. The molecule has 2 aliphatic heterocycles. The van der Waals surface area contributed by atoms with Gasteiger partial charge in [-0.05, 0) is 38.1 Å². The van der Waals surface area contributed by atoms with Crippen molar-refractivity contribution in [3.63, 3.8) is 0 Å². The molecule has 0 spiro atoms. The summed E-state index contributed by atoms with van der Waals surface area (Å²) in [5, 5.41) is 0. The van der Waals surface area contributed by atoms with E-state index in [0.29, 0.717) is 0 Å². The summed E-state index contributed by atoms with van der Waals surface area (Å²) >= 11 is 0. The second kappa shape index (κ2) is 7.34. The molecule has 1 aromatic rings. The van der Waals surface area contributed by atoms with Crippen LogP contribution in [-0.4, -0.2) is 72.0 Å². The van der Waals surface area contributed by atoms with Gasteiger partial charge in [0.15, 0.2) is 0 Å². The maximum Gasteiger partial charge on any atom is 0.0312 e. The lowest BCUT2D eigenvalue weighted by molar-refractivity contribution is 0.0817. The Labute approximate surface area is 128 Å². The molecule has 0 aliphatic carbocycles. The van der Waals surface area contributed by atoms with Crippen LogP contribution in [0.15, 0.2) is 24.5 Å². The Morgan fingerprint density at radius 2 is 1.90 bits per heavy atom. The zero-order valence-corrected chi connectivity index (χ0v) is 13.2. The first-order chi connectivity index (χ1) is 10.3. The molecule has 2 aliphatic rings. The molecule has 2 saturated heterocycles. The normalized spacial score (nSPS) is 26.0. The highest BCUT2D eigenvalue weighted by Gasteiger charge is 2.24. The number of pyridine rings is 1. The van der Waals surface area contributed by atoms with Crippen LogP contribution in [0.3, 0.4) is 0 Å². The van der Waals surface area contributed by atoms with Crippen LogP contribution >= 0.6 is 0 Å². The molecule has 0 amide bonds. The number of hydrogen-bond acceptors (Lipinski definition) is 4. The van der Waals surface area contributed by atoms with Crippen LogP contribution in [0.4, 0.5) is 0 Å². The molecule has 0 unspecified atom stereocenters. The Bertz CT molecular complexity index is 414. The highest BCUT2D eigenvalue weighted by molar-refractivity contribution is 5.08. The molecule has 4 nitrogen and oxygen atoms in total. The standard InChI is InChI=1S/C17H28N4/c1-19-8-3-2-6-17(19)15-21-11-9-20(10-12-21)14-16-5-4-7-18-13-16/h4-5,7,13,17H,2-3,6,8-12,14-15H2,1H3/t17-/m1/s1. The number of likely N-dealkylation sites (tertiary alicyclic amines) is 1. The van der Waals surface area contributed by atoms with Gasteiger partial charge in [0, 0.05) is 57.7 Å². The average molecular weight is 288 g/mol. The Hall–Kier alpha value is -0.970. The van der Waals surface area contributed by atoms with Gasteiger partial charge in [0.1, 0.15) is 0 Å². The number of hydrogen-bond donors (Lipinski definition) is 0. The summed E-state index contributed by atoms with van der Waals surface area (Å²) in [6.07, 6.45) is 8.01. The number of likely N-dealkylation sites (N-methyl/N-ethyl adjacent to an activating group) is 1. The van der Waals surface area contributed by atoms with Crippen LogP contribution in [0.5, 0.6) is 0 Å². The molecule has 0 radical (unpaired) electrons. The van der Waals surface area contributed by atoms with Crippen LogP contribution in [-0.2, 0) is 6.54 Å². The molecule has 3 heterocycles. The summed E-state index contributed by atoms with van der Waals surface area (Å²) < 4.78 is 0. The predicted molar refractivity (Wildman–Crippen MR) is 86.2 cm³/mol. The van der Waals surface area contributed by atoms with E-state index in [1.54, 1.807) is 0 Å². The van der Waals surface area contributed by atoms with Gasteiger partial charge in [-0.1, -0.05) is 12.5 Å².